The van der Waals surface area contributed by atoms with Crippen molar-refractivity contribution in [2.24, 2.45) is 0 Å². The van der Waals surface area contributed by atoms with Gasteiger partial charge in [0.05, 0.1) is 31.5 Å². The third kappa shape index (κ3) is 8.74. The molecular formula is C16H25GeNO8. The summed E-state index contributed by atoms with van der Waals surface area (Å²) in [6.45, 7) is 0.209. The molecule has 0 aromatic heterocycles. The second-order valence-electron chi connectivity index (χ2n) is 5.04. The van der Waals surface area contributed by atoms with Gasteiger partial charge in [-0.25, -0.2) is 9.59 Å². The van der Waals surface area contributed by atoms with Crippen molar-refractivity contribution in [1.29, 1.82) is 0 Å². The minimum atomic E-state index is -0.989. The minimum absolute atomic E-state index is 0. The minimum Gasteiger partial charge on any atom is -0.465 e. The molecule has 4 radical (unpaired) electrons. The van der Waals surface area contributed by atoms with Gasteiger partial charge in [-0.1, -0.05) is 12.1 Å². The zero-order valence-corrected chi connectivity index (χ0v) is 16.6. The SMILES string of the molecule is COC(=O)c1ccccc1C(=O)OCC(O)CN(CCO)CCO.O.[Ge]. The zero-order chi connectivity index (χ0) is 17.9. The second-order valence-corrected chi connectivity index (χ2v) is 5.04. The molecule has 26 heavy (non-hydrogen) atoms. The van der Waals surface area contributed by atoms with Crippen molar-refractivity contribution >= 4 is 29.5 Å². The molecule has 0 heterocycles. The molecule has 5 N–H and O–H groups in total. The summed E-state index contributed by atoms with van der Waals surface area (Å²) < 4.78 is 9.64. The van der Waals surface area contributed by atoms with Crippen LogP contribution in [0.25, 0.3) is 0 Å². The van der Waals surface area contributed by atoms with E-state index < -0.39 is 18.0 Å². The Balaban J connectivity index is 0. The van der Waals surface area contributed by atoms with E-state index in [0.29, 0.717) is 0 Å². The van der Waals surface area contributed by atoms with E-state index in [0.717, 1.165) is 0 Å². The fourth-order valence-corrected chi connectivity index (χ4v) is 2.13. The Labute approximate surface area is 162 Å². The monoisotopic (exact) mass is 433 g/mol. The largest absolute Gasteiger partial charge is 0.465 e. The molecule has 0 aliphatic carbocycles. The molecule has 0 bridgehead atoms. The van der Waals surface area contributed by atoms with Crippen LogP contribution in [0.5, 0.6) is 0 Å². The molecule has 0 spiro atoms. The van der Waals surface area contributed by atoms with Crippen LogP contribution in [0.15, 0.2) is 24.3 Å². The predicted molar refractivity (Wildman–Crippen MR) is 94.1 cm³/mol. The number of carbonyl (C=O) groups excluding carboxylic acids is 2. The van der Waals surface area contributed by atoms with E-state index in [9.17, 15) is 14.7 Å². The molecule has 146 valence electrons. The van der Waals surface area contributed by atoms with Crippen molar-refractivity contribution in [3.05, 3.63) is 35.4 Å². The molecule has 0 saturated heterocycles. The molecule has 1 atom stereocenters. The summed E-state index contributed by atoms with van der Waals surface area (Å²) in [5, 5.41) is 27.7. The van der Waals surface area contributed by atoms with Crippen LogP contribution in [0, 0.1) is 0 Å². The number of rotatable bonds is 10. The summed E-state index contributed by atoms with van der Waals surface area (Å²) in [5.74, 6) is -1.40. The Bertz CT molecular complexity index is 537. The van der Waals surface area contributed by atoms with Crippen molar-refractivity contribution in [3.63, 3.8) is 0 Å². The Morgan fingerprint density at radius 1 is 1.08 bits per heavy atom. The average molecular weight is 432 g/mol. The van der Waals surface area contributed by atoms with Crippen LogP contribution in [0.2, 0.25) is 0 Å². The quantitative estimate of drug-likeness (QED) is 0.286. The van der Waals surface area contributed by atoms with Gasteiger partial charge in [0.25, 0.3) is 0 Å². The van der Waals surface area contributed by atoms with Crippen LogP contribution in [-0.2, 0) is 9.47 Å². The fraction of sp³-hybridized carbons (Fsp3) is 0.500. The number of hydrogen-bond donors (Lipinski definition) is 3. The number of methoxy groups -OCH3 is 1. The molecule has 0 fully saturated rings. The number of ether oxygens (including phenoxy) is 2. The van der Waals surface area contributed by atoms with Crippen molar-refractivity contribution in [2.75, 3.05) is 46.6 Å². The summed E-state index contributed by atoms with van der Waals surface area (Å²) in [6, 6.07) is 6.07. The molecule has 1 rings (SSSR count). The van der Waals surface area contributed by atoms with Gasteiger partial charge in [-0.3, -0.25) is 4.90 Å². The number of hydrogen-bond acceptors (Lipinski definition) is 8. The van der Waals surface area contributed by atoms with Crippen LogP contribution >= 0.6 is 0 Å². The molecule has 0 aliphatic heterocycles. The first-order valence-electron chi connectivity index (χ1n) is 7.50. The molecule has 1 unspecified atom stereocenters. The van der Waals surface area contributed by atoms with Gasteiger partial charge in [0, 0.05) is 37.2 Å². The van der Waals surface area contributed by atoms with Gasteiger partial charge in [0.15, 0.2) is 0 Å². The normalized spacial score (nSPS) is 11.1. The first-order chi connectivity index (χ1) is 11.5. The average Bonchev–Trinajstić information content (AvgIpc) is 2.59. The summed E-state index contributed by atoms with van der Waals surface area (Å²) >= 11 is 0. The van der Waals surface area contributed by atoms with Crippen LogP contribution in [0.4, 0.5) is 0 Å². The van der Waals surface area contributed by atoms with Gasteiger partial charge in [-0.05, 0) is 12.1 Å². The van der Waals surface area contributed by atoms with Gasteiger partial charge in [0.1, 0.15) is 12.7 Å². The molecule has 9 nitrogen and oxygen atoms in total. The van der Waals surface area contributed by atoms with E-state index in [-0.39, 0.29) is 73.7 Å². The predicted octanol–water partition coefficient (Wildman–Crippen LogP) is -1.93. The van der Waals surface area contributed by atoms with Gasteiger partial charge in [0.2, 0.25) is 0 Å². The molecule has 0 amide bonds. The van der Waals surface area contributed by atoms with Crippen LogP contribution < -0.4 is 0 Å². The Morgan fingerprint density at radius 2 is 1.58 bits per heavy atom. The number of esters is 2. The smallest absolute Gasteiger partial charge is 0.339 e. The summed E-state index contributed by atoms with van der Waals surface area (Å²) in [7, 11) is 1.21. The van der Waals surface area contributed by atoms with Crippen molar-refractivity contribution < 1.29 is 39.9 Å². The van der Waals surface area contributed by atoms with Crippen molar-refractivity contribution in [1.82, 2.24) is 4.90 Å². The van der Waals surface area contributed by atoms with E-state index in [1.165, 1.54) is 19.2 Å². The molecule has 1 aromatic rings. The van der Waals surface area contributed by atoms with Gasteiger partial charge in [-0.2, -0.15) is 0 Å². The van der Waals surface area contributed by atoms with E-state index in [4.69, 9.17) is 14.9 Å². The Morgan fingerprint density at radius 3 is 2.04 bits per heavy atom. The zero-order valence-electron chi connectivity index (χ0n) is 14.6. The maximum Gasteiger partial charge on any atom is 0.339 e. The number of nitrogens with zero attached hydrogens (tertiary/aromatic N) is 1. The number of aliphatic hydroxyl groups is 3. The summed E-state index contributed by atoms with van der Waals surface area (Å²) in [6.07, 6.45) is -0.989. The van der Waals surface area contributed by atoms with Crippen molar-refractivity contribution in [3.8, 4) is 0 Å². The number of benzene rings is 1. The molecule has 10 heteroatoms. The van der Waals surface area contributed by atoms with Gasteiger partial charge in [-0.15, -0.1) is 0 Å². The molecule has 0 saturated carbocycles. The summed E-state index contributed by atoms with van der Waals surface area (Å²) in [4.78, 5) is 25.4. The first kappa shape index (κ1) is 26.7. The molecule has 1 aromatic carbocycles. The van der Waals surface area contributed by atoms with E-state index in [1.807, 2.05) is 0 Å². The van der Waals surface area contributed by atoms with E-state index in [2.05, 4.69) is 4.74 Å². The third-order valence-electron chi connectivity index (χ3n) is 3.26. The van der Waals surface area contributed by atoms with E-state index >= 15 is 0 Å². The van der Waals surface area contributed by atoms with E-state index in [1.54, 1.807) is 17.0 Å². The van der Waals surface area contributed by atoms with Crippen LogP contribution in [0.1, 0.15) is 20.7 Å². The third-order valence-corrected chi connectivity index (χ3v) is 3.26. The first-order valence-corrected chi connectivity index (χ1v) is 7.50. The van der Waals surface area contributed by atoms with Gasteiger partial charge >= 0.3 is 11.9 Å². The molecule has 0 aliphatic rings. The Hall–Kier alpha value is -1.50. The van der Waals surface area contributed by atoms with Crippen molar-refractivity contribution in [2.45, 2.75) is 6.10 Å². The van der Waals surface area contributed by atoms with Crippen LogP contribution in [0.3, 0.4) is 0 Å². The number of aliphatic hydroxyl groups excluding tert-OH is 3. The fourth-order valence-electron chi connectivity index (χ4n) is 2.13. The number of carbonyl (C=O) groups is 2. The standard InChI is InChI=1S/C16H23NO7.Ge.H2O/c1-23-15(21)13-4-2-3-5-14(13)16(22)24-11-12(20)10-17(6-8-18)7-9-19;;/h2-5,12,18-20H,6-11H2,1H3;;1H2. The summed E-state index contributed by atoms with van der Waals surface area (Å²) in [5.41, 5.74) is 0.140. The topological polar surface area (TPSA) is 148 Å². The Kier molecular flexibility index (Phi) is 15.1. The second kappa shape index (κ2) is 14.6. The molecular weight excluding hydrogens is 407 g/mol. The maximum absolute atomic E-state index is 12.1. The maximum atomic E-state index is 12.1. The van der Waals surface area contributed by atoms with Gasteiger partial charge < -0.3 is 30.3 Å². The van der Waals surface area contributed by atoms with Crippen LogP contribution in [-0.4, -0.2) is 108 Å².